The highest BCUT2D eigenvalue weighted by molar-refractivity contribution is 9.10. The van der Waals surface area contributed by atoms with Gasteiger partial charge in [0.05, 0.1) is 0 Å². The summed E-state index contributed by atoms with van der Waals surface area (Å²) >= 11 is 3.46. The van der Waals surface area contributed by atoms with Gasteiger partial charge in [-0.3, -0.25) is 4.79 Å². The molecule has 1 unspecified atom stereocenters. The van der Waals surface area contributed by atoms with Crippen LogP contribution in [0.3, 0.4) is 0 Å². The number of rotatable bonds is 2. The standard InChI is InChI=1S/C16H14BrNO2/c17-13-5-4-10-6-12(7-11(10)8-13)16(20)18-14-2-1-3-15(19)9-14/h1-5,8-9,12,19H,6-7H2,(H,18,20). The maximum absolute atomic E-state index is 12.3. The number of anilines is 1. The minimum Gasteiger partial charge on any atom is -0.508 e. The highest BCUT2D eigenvalue weighted by Gasteiger charge is 2.27. The number of carbonyl (C=O) groups is 1. The van der Waals surface area contributed by atoms with Gasteiger partial charge in [0.15, 0.2) is 0 Å². The SMILES string of the molecule is O=C(Nc1cccc(O)c1)C1Cc2ccc(Br)cc2C1. The lowest BCUT2D eigenvalue weighted by atomic mass is 10.1. The van der Waals surface area contributed by atoms with Crippen LogP contribution in [0.5, 0.6) is 5.75 Å². The first-order valence-corrected chi connectivity index (χ1v) is 7.28. The van der Waals surface area contributed by atoms with Crippen molar-refractivity contribution in [3.05, 3.63) is 58.1 Å². The summed E-state index contributed by atoms with van der Waals surface area (Å²) in [6, 6.07) is 12.8. The quantitative estimate of drug-likeness (QED) is 0.884. The molecule has 1 atom stereocenters. The van der Waals surface area contributed by atoms with Gasteiger partial charge in [0.25, 0.3) is 0 Å². The first-order chi connectivity index (χ1) is 9.61. The van der Waals surface area contributed by atoms with E-state index < -0.39 is 0 Å². The van der Waals surface area contributed by atoms with E-state index in [1.54, 1.807) is 24.3 Å². The van der Waals surface area contributed by atoms with Crippen LogP contribution in [-0.2, 0) is 17.6 Å². The van der Waals surface area contributed by atoms with Gasteiger partial charge in [0.2, 0.25) is 5.91 Å². The zero-order valence-corrected chi connectivity index (χ0v) is 12.4. The van der Waals surface area contributed by atoms with E-state index in [4.69, 9.17) is 0 Å². The van der Waals surface area contributed by atoms with Gasteiger partial charge in [-0.1, -0.05) is 28.1 Å². The Morgan fingerprint density at radius 2 is 1.95 bits per heavy atom. The van der Waals surface area contributed by atoms with Crippen LogP contribution >= 0.6 is 15.9 Å². The molecule has 3 nitrogen and oxygen atoms in total. The molecule has 0 fully saturated rings. The molecule has 2 N–H and O–H groups in total. The molecule has 20 heavy (non-hydrogen) atoms. The molecule has 2 aromatic rings. The fourth-order valence-corrected chi connectivity index (χ4v) is 3.01. The average Bonchev–Trinajstić information content (AvgIpc) is 2.81. The number of halogens is 1. The van der Waals surface area contributed by atoms with Gasteiger partial charge in [0, 0.05) is 22.1 Å². The van der Waals surface area contributed by atoms with Gasteiger partial charge >= 0.3 is 0 Å². The average molecular weight is 332 g/mol. The summed E-state index contributed by atoms with van der Waals surface area (Å²) < 4.78 is 1.05. The lowest BCUT2D eigenvalue weighted by Crippen LogP contribution is -2.23. The Hall–Kier alpha value is -1.81. The zero-order valence-electron chi connectivity index (χ0n) is 10.8. The summed E-state index contributed by atoms with van der Waals surface area (Å²) in [5.41, 5.74) is 3.10. The Bertz CT molecular complexity index is 669. The molecule has 0 bridgehead atoms. The van der Waals surface area contributed by atoms with E-state index in [-0.39, 0.29) is 17.6 Å². The highest BCUT2D eigenvalue weighted by atomic mass is 79.9. The van der Waals surface area contributed by atoms with Crippen LogP contribution in [0.1, 0.15) is 11.1 Å². The maximum Gasteiger partial charge on any atom is 0.228 e. The largest absolute Gasteiger partial charge is 0.508 e. The zero-order chi connectivity index (χ0) is 14.1. The fraction of sp³-hybridized carbons (Fsp3) is 0.188. The normalized spacial score (nSPS) is 16.8. The van der Waals surface area contributed by atoms with Crippen molar-refractivity contribution < 1.29 is 9.90 Å². The van der Waals surface area contributed by atoms with E-state index in [1.807, 2.05) is 6.07 Å². The van der Waals surface area contributed by atoms with E-state index in [0.29, 0.717) is 5.69 Å². The number of aromatic hydroxyl groups is 1. The number of fused-ring (bicyclic) bond motifs is 1. The predicted octanol–water partition coefficient (Wildman–Crippen LogP) is 3.51. The molecule has 0 aromatic heterocycles. The molecule has 102 valence electrons. The van der Waals surface area contributed by atoms with Gasteiger partial charge in [-0.2, -0.15) is 0 Å². The maximum atomic E-state index is 12.3. The second-order valence-corrected chi connectivity index (χ2v) is 5.97. The Morgan fingerprint density at radius 3 is 2.75 bits per heavy atom. The van der Waals surface area contributed by atoms with Crippen LogP contribution in [0, 0.1) is 5.92 Å². The Morgan fingerprint density at radius 1 is 1.15 bits per heavy atom. The summed E-state index contributed by atoms with van der Waals surface area (Å²) in [5.74, 6) is 0.117. The number of benzene rings is 2. The molecule has 0 radical (unpaired) electrons. The number of phenols is 1. The third kappa shape index (κ3) is 2.70. The summed E-state index contributed by atoms with van der Waals surface area (Å²) in [7, 11) is 0. The van der Waals surface area contributed by atoms with Crippen LogP contribution in [-0.4, -0.2) is 11.0 Å². The Labute approximate surface area is 125 Å². The number of nitrogens with one attached hydrogen (secondary N) is 1. The topological polar surface area (TPSA) is 49.3 Å². The van der Waals surface area contributed by atoms with Crippen molar-refractivity contribution in [3.63, 3.8) is 0 Å². The molecule has 0 saturated heterocycles. The van der Waals surface area contributed by atoms with Crippen LogP contribution in [0.15, 0.2) is 46.9 Å². The summed E-state index contributed by atoms with van der Waals surface area (Å²) in [6.07, 6.45) is 1.53. The molecule has 2 aromatic carbocycles. The lowest BCUT2D eigenvalue weighted by molar-refractivity contribution is -0.119. The van der Waals surface area contributed by atoms with Crippen molar-refractivity contribution in [2.45, 2.75) is 12.8 Å². The molecule has 0 aliphatic heterocycles. The Balaban J connectivity index is 1.71. The van der Waals surface area contributed by atoms with E-state index in [1.165, 1.54) is 11.1 Å². The number of hydrogen-bond donors (Lipinski definition) is 2. The lowest BCUT2D eigenvalue weighted by Gasteiger charge is -2.10. The van der Waals surface area contributed by atoms with E-state index >= 15 is 0 Å². The Kier molecular flexibility index (Phi) is 3.49. The van der Waals surface area contributed by atoms with Crippen LogP contribution in [0.25, 0.3) is 0 Å². The van der Waals surface area contributed by atoms with Crippen molar-refractivity contribution in [2.75, 3.05) is 5.32 Å². The third-order valence-electron chi connectivity index (χ3n) is 3.59. The molecular formula is C16H14BrNO2. The fourth-order valence-electron chi connectivity index (χ4n) is 2.60. The molecule has 3 rings (SSSR count). The van der Waals surface area contributed by atoms with Gasteiger partial charge in [-0.25, -0.2) is 0 Å². The van der Waals surface area contributed by atoms with Crippen molar-refractivity contribution in [1.29, 1.82) is 0 Å². The van der Waals surface area contributed by atoms with Gasteiger partial charge in [-0.15, -0.1) is 0 Å². The van der Waals surface area contributed by atoms with Crippen molar-refractivity contribution in [1.82, 2.24) is 0 Å². The van der Waals surface area contributed by atoms with E-state index in [2.05, 4.69) is 33.4 Å². The molecule has 0 heterocycles. The molecule has 1 aliphatic carbocycles. The monoisotopic (exact) mass is 331 g/mol. The second-order valence-electron chi connectivity index (χ2n) is 5.06. The first kappa shape index (κ1) is 13.2. The van der Waals surface area contributed by atoms with Crippen molar-refractivity contribution >= 4 is 27.5 Å². The number of carbonyl (C=O) groups excluding carboxylic acids is 1. The molecule has 0 saturated carbocycles. The van der Waals surface area contributed by atoms with Gasteiger partial charge < -0.3 is 10.4 Å². The number of amides is 1. The summed E-state index contributed by atoms with van der Waals surface area (Å²) in [4.78, 5) is 12.3. The molecule has 0 spiro atoms. The van der Waals surface area contributed by atoms with Crippen molar-refractivity contribution in [3.8, 4) is 5.75 Å². The molecular weight excluding hydrogens is 318 g/mol. The minimum absolute atomic E-state index is 0.00271. The smallest absolute Gasteiger partial charge is 0.228 e. The highest BCUT2D eigenvalue weighted by Crippen LogP contribution is 2.30. The second kappa shape index (κ2) is 5.29. The van der Waals surface area contributed by atoms with Crippen LogP contribution < -0.4 is 5.32 Å². The summed E-state index contributed by atoms with van der Waals surface area (Å²) in [6.45, 7) is 0. The number of hydrogen-bond acceptors (Lipinski definition) is 2. The van der Waals surface area contributed by atoms with E-state index in [9.17, 15) is 9.90 Å². The molecule has 1 aliphatic rings. The number of phenolic OH excluding ortho intramolecular Hbond substituents is 1. The van der Waals surface area contributed by atoms with Crippen LogP contribution in [0.4, 0.5) is 5.69 Å². The summed E-state index contributed by atoms with van der Waals surface area (Å²) in [5, 5.41) is 12.3. The molecule has 4 heteroatoms. The van der Waals surface area contributed by atoms with Gasteiger partial charge in [0.1, 0.15) is 5.75 Å². The minimum atomic E-state index is -0.0401. The van der Waals surface area contributed by atoms with E-state index in [0.717, 1.165) is 17.3 Å². The molecule has 1 amide bonds. The van der Waals surface area contributed by atoms with Crippen molar-refractivity contribution in [2.24, 2.45) is 5.92 Å². The first-order valence-electron chi connectivity index (χ1n) is 6.49. The predicted molar refractivity (Wildman–Crippen MR) is 81.8 cm³/mol. The van der Waals surface area contributed by atoms with Gasteiger partial charge in [-0.05, 0) is 48.2 Å². The van der Waals surface area contributed by atoms with Crippen LogP contribution in [0.2, 0.25) is 0 Å². The third-order valence-corrected chi connectivity index (χ3v) is 4.08.